The average Bonchev–Trinajstić information content (AvgIpc) is 2.61. The summed E-state index contributed by atoms with van der Waals surface area (Å²) in [6.45, 7) is 3.91. The third-order valence-electron chi connectivity index (χ3n) is 4.77. The standard InChI is InChI=1S/C16H30O5/c1-3-4-5-7-16(2,21)8-6-11-12(9-15(19)20)14(18)10-13(11)17/h11-14,17-18,21H,3-10H2,1-2H3,(H,19,20). The van der Waals surface area contributed by atoms with Gasteiger partial charge in [-0.15, -0.1) is 0 Å². The van der Waals surface area contributed by atoms with E-state index in [9.17, 15) is 20.1 Å². The zero-order valence-electron chi connectivity index (χ0n) is 13.2. The highest BCUT2D eigenvalue weighted by molar-refractivity contribution is 5.67. The average molecular weight is 302 g/mol. The zero-order valence-corrected chi connectivity index (χ0v) is 13.2. The second-order valence-electron chi connectivity index (χ2n) is 6.79. The van der Waals surface area contributed by atoms with Crippen LogP contribution in [0.3, 0.4) is 0 Å². The lowest BCUT2D eigenvalue weighted by molar-refractivity contribution is -0.139. The molecule has 1 aliphatic carbocycles. The maximum absolute atomic E-state index is 10.9. The van der Waals surface area contributed by atoms with Crippen molar-refractivity contribution in [3.8, 4) is 0 Å². The highest BCUT2D eigenvalue weighted by Crippen LogP contribution is 2.39. The molecule has 5 atom stereocenters. The summed E-state index contributed by atoms with van der Waals surface area (Å²) in [4.78, 5) is 10.9. The molecular weight excluding hydrogens is 272 g/mol. The topological polar surface area (TPSA) is 98.0 Å². The molecule has 1 aliphatic rings. The number of rotatable bonds is 9. The third kappa shape index (κ3) is 5.93. The van der Waals surface area contributed by atoms with Crippen LogP contribution >= 0.6 is 0 Å². The van der Waals surface area contributed by atoms with Gasteiger partial charge in [-0.05, 0) is 38.5 Å². The summed E-state index contributed by atoms with van der Waals surface area (Å²) < 4.78 is 0. The van der Waals surface area contributed by atoms with Gasteiger partial charge in [0.25, 0.3) is 0 Å². The van der Waals surface area contributed by atoms with E-state index in [4.69, 9.17) is 5.11 Å². The molecule has 0 heterocycles. The third-order valence-corrected chi connectivity index (χ3v) is 4.77. The van der Waals surface area contributed by atoms with Crippen LogP contribution in [0, 0.1) is 11.8 Å². The van der Waals surface area contributed by atoms with Gasteiger partial charge in [-0.3, -0.25) is 4.79 Å². The van der Waals surface area contributed by atoms with Crippen LogP contribution < -0.4 is 0 Å². The van der Waals surface area contributed by atoms with Gasteiger partial charge < -0.3 is 20.4 Å². The van der Waals surface area contributed by atoms with Gasteiger partial charge in [-0.2, -0.15) is 0 Å². The SMILES string of the molecule is CCCCCC(C)(O)CCC1C(O)CC(O)C1CC(=O)O. The van der Waals surface area contributed by atoms with E-state index in [1.807, 2.05) is 0 Å². The first-order chi connectivity index (χ1) is 9.76. The lowest BCUT2D eigenvalue weighted by atomic mass is 9.82. The van der Waals surface area contributed by atoms with E-state index < -0.39 is 29.7 Å². The predicted molar refractivity (Wildman–Crippen MR) is 79.9 cm³/mol. The molecule has 4 N–H and O–H groups in total. The molecule has 0 aromatic rings. The molecule has 1 fully saturated rings. The molecule has 0 radical (unpaired) electrons. The van der Waals surface area contributed by atoms with Gasteiger partial charge in [0.05, 0.1) is 24.2 Å². The van der Waals surface area contributed by atoms with E-state index in [1.54, 1.807) is 6.92 Å². The fourth-order valence-electron chi connectivity index (χ4n) is 3.42. The fourth-order valence-corrected chi connectivity index (χ4v) is 3.42. The second-order valence-corrected chi connectivity index (χ2v) is 6.79. The number of aliphatic carboxylic acids is 1. The highest BCUT2D eigenvalue weighted by Gasteiger charge is 2.42. The van der Waals surface area contributed by atoms with Gasteiger partial charge in [-0.25, -0.2) is 0 Å². The molecule has 0 spiro atoms. The lowest BCUT2D eigenvalue weighted by Gasteiger charge is -2.28. The Balaban J connectivity index is 2.52. The molecule has 0 saturated heterocycles. The summed E-state index contributed by atoms with van der Waals surface area (Å²) in [6, 6.07) is 0. The van der Waals surface area contributed by atoms with E-state index in [-0.39, 0.29) is 18.8 Å². The largest absolute Gasteiger partial charge is 0.481 e. The maximum atomic E-state index is 10.9. The van der Waals surface area contributed by atoms with Crippen LogP contribution in [0.4, 0.5) is 0 Å². The quantitative estimate of drug-likeness (QED) is 0.488. The first-order valence-electron chi connectivity index (χ1n) is 8.07. The summed E-state index contributed by atoms with van der Waals surface area (Å²) in [6.07, 6.45) is 3.64. The molecule has 1 rings (SSSR count). The number of unbranched alkanes of at least 4 members (excludes halogenated alkanes) is 2. The smallest absolute Gasteiger partial charge is 0.303 e. The number of carboxylic acid groups (broad SMARTS) is 1. The van der Waals surface area contributed by atoms with Crippen LogP contribution in [-0.2, 0) is 4.79 Å². The van der Waals surface area contributed by atoms with Crippen LogP contribution in [0.25, 0.3) is 0 Å². The Kier molecular flexibility index (Phi) is 7.10. The van der Waals surface area contributed by atoms with Crippen LogP contribution in [0.1, 0.15) is 65.2 Å². The van der Waals surface area contributed by atoms with Crippen molar-refractivity contribution in [3.63, 3.8) is 0 Å². The Morgan fingerprint density at radius 3 is 2.33 bits per heavy atom. The summed E-state index contributed by atoms with van der Waals surface area (Å²) in [5, 5.41) is 39.2. The van der Waals surface area contributed by atoms with E-state index in [2.05, 4.69) is 6.92 Å². The molecular formula is C16H30O5. The van der Waals surface area contributed by atoms with Crippen LogP contribution in [0.2, 0.25) is 0 Å². The molecule has 5 unspecified atom stereocenters. The van der Waals surface area contributed by atoms with Gasteiger partial charge in [0.1, 0.15) is 0 Å². The van der Waals surface area contributed by atoms with Crippen LogP contribution in [-0.4, -0.2) is 44.2 Å². The molecule has 5 heteroatoms. The highest BCUT2D eigenvalue weighted by atomic mass is 16.4. The Morgan fingerprint density at radius 2 is 1.76 bits per heavy atom. The van der Waals surface area contributed by atoms with Gasteiger partial charge in [0.2, 0.25) is 0 Å². The van der Waals surface area contributed by atoms with Gasteiger partial charge in [0.15, 0.2) is 0 Å². The molecule has 0 amide bonds. The van der Waals surface area contributed by atoms with E-state index >= 15 is 0 Å². The summed E-state index contributed by atoms with van der Waals surface area (Å²) in [7, 11) is 0. The van der Waals surface area contributed by atoms with Crippen molar-refractivity contribution in [3.05, 3.63) is 0 Å². The summed E-state index contributed by atoms with van der Waals surface area (Å²) in [5.41, 5.74) is -0.782. The van der Waals surface area contributed by atoms with Crippen LogP contribution in [0.15, 0.2) is 0 Å². The van der Waals surface area contributed by atoms with Crippen molar-refractivity contribution in [1.29, 1.82) is 0 Å². The van der Waals surface area contributed by atoms with Gasteiger partial charge in [-0.1, -0.05) is 26.2 Å². The van der Waals surface area contributed by atoms with E-state index in [1.165, 1.54) is 0 Å². The molecule has 1 saturated carbocycles. The number of hydrogen-bond donors (Lipinski definition) is 4. The molecule has 5 nitrogen and oxygen atoms in total. The normalized spacial score (nSPS) is 32.0. The number of aliphatic hydroxyl groups is 3. The van der Waals surface area contributed by atoms with Crippen LogP contribution in [0.5, 0.6) is 0 Å². The second kappa shape index (κ2) is 8.11. The number of aliphatic hydroxyl groups excluding tert-OH is 2. The maximum Gasteiger partial charge on any atom is 0.303 e. The molecule has 21 heavy (non-hydrogen) atoms. The number of carbonyl (C=O) groups is 1. The van der Waals surface area contributed by atoms with Gasteiger partial charge >= 0.3 is 5.97 Å². The van der Waals surface area contributed by atoms with Crippen molar-refractivity contribution in [1.82, 2.24) is 0 Å². The molecule has 0 aromatic carbocycles. The monoisotopic (exact) mass is 302 g/mol. The van der Waals surface area contributed by atoms with E-state index in [0.717, 1.165) is 25.7 Å². The minimum absolute atomic E-state index is 0.124. The molecule has 124 valence electrons. The summed E-state index contributed by atoms with van der Waals surface area (Å²) >= 11 is 0. The first kappa shape index (κ1) is 18.4. The van der Waals surface area contributed by atoms with Crippen molar-refractivity contribution in [2.75, 3.05) is 0 Å². The zero-order chi connectivity index (χ0) is 16.0. The lowest BCUT2D eigenvalue weighted by Crippen LogP contribution is -2.30. The fraction of sp³-hybridized carbons (Fsp3) is 0.938. The Morgan fingerprint density at radius 1 is 1.14 bits per heavy atom. The van der Waals surface area contributed by atoms with Crippen molar-refractivity contribution in [2.24, 2.45) is 11.8 Å². The number of carboxylic acids is 1. The Bertz CT molecular complexity index is 329. The first-order valence-corrected chi connectivity index (χ1v) is 8.07. The minimum Gasteiger partial charge on any atom is -0.481 e. The van der Waals surface area contributed by atoms with Gasteiger partial charge in [0, 0.05) is 5.92 Å². The van der Waals surface area contributed by atoms with E-state index in [0.29, 0.717) is 12.8 Å². The Hall–Kier alpha value is -0.650. The van der Waals surface area contributed by atoms with Crippen molar-refractivity contribution in [2.45, 2.75) is 83.0 Å². The predicted octanol–water partition coefficient (Wildman–Crippen LogP) is 1.93. The molecule has 0 aliphatic heterocycles. The minimum atomic E-state index is -0.951. The van der Waals surface area contributed by atoms with Crippen molar-refractivity contribution >= 4 is 5.97 Å². The summed E-state index contributed by atoms with van der Waals surface area (Å²) in [5.74, 6) is -1.61. The molecule has 0 aromatic heterocycles. The molecule has 0 bridgehead atoms. The number of hydrogen-bond acceptors (Lipinski definition) is 4. The van der Waals surface area contributed by atoms with Crippen molar-refractivity contribution < 1.29 is 25.2 Å². The Labute approximate surface area is 127 Å².